The molecule has 0 saturated heterocycles. The summed E-state index contributed by atoms with van der Waals surface area (Å²) in [5, 5.41) is 3.03. The fourth-order valence-electron chi connectivity index (χ4n) is 2.76. The van der Waals surface area contributed by atoms with E-state index in [0.29, 0.717) is 12.4 Å². The number of nitrogens with one attached hydrogen (secondary N) is 1. The minimum Gasteiger partial charge on any atom is -0.492 e. The van der Waals surface area contributed by atoms with Crippen LogP contribution in [0.25, 0.3) is 0 Å². The van der Waals surface area contributed by atoms with Crippen LogP contribution in [0.1, 0.15) is 25.0 Å². The monoisotopic (exact) mass is 424 g/mol. The van der Waals surface area contributed by atoms with Crippen LogP contribution in [0.15, 0.2) is 41.3 Å². The van der Waals surface area contributed by atoms with E-state index < -0.39 is 15.9 Å². The minimum absolute atomic E-state index is 0.00129. The van der Waals surface area contributed by atoms with Crippen LogP contribution < -0.4 is 10.1 Å². The van der Waals surface area contributed by atoms with Gasteiger partial charge in [0.25, 0.3) is 0 Å². The summed E-state index contributed by atoms with van der Waals surface area (Å²) in [5.41, 5.74) is 2.65. The van der Waals surface area contributed by atoms with E-state index in [1.807, 2.05) is 39.0 Å². The number of carbonyl (C=O) groups excluding carboxylic acids is 1. The lowest BCUT2D eigenvalue weighted by molar-refractivity contribution is -0.116. The third-order valence-corrected chi connectivity index (χ3v) is 6.38. The van der Waals surface area contributed by atoms with E-state index >= 15 is 0 Å². The number of aryl methyl sites for hydroxylation is 2. The maximum Gasteiger partial charge on any atom is 0.243 e. The first kappa shape index (κ1) is 22.2. The van der Waals surface area contributed by atoms with Crippen LogP contribution in [-0.4, -0.2) is 38.8 Å². The molecule has 0 unspecified atom stereocenters. The van der Waals surface area contributed by atoms with E-state index in [0.717, 1.165) is 27.5 Å². The van der Waals surface area contributed by atoms with Crippen LogP contribution in [0.5, 0.6) is 5.75 Å². The number of amides is 1. The van der Waals surface area contributed by atoms with Gasteiger partial charge in [0.2, 0.25) is 15.9 Å². The maximum absolute atomic E-state index is 12.8. The Labute approximate surface area is 171 Å². The number of rotatable bonds is 8. The molecule has 0 saturated carbocycles. The van der Waals surface area contributed by atoms with E-state index in [9.17, 15) is 13.2 Å². The van der Waals surface area contributed by atoms with Crippen molar-refractivity contribution in [3.8, 4) is 5.75 Å². The molecule has 1 amide bonds. The summed E-state index contributed by atoms with van der Waals surface area (Å²) in [6.07, 6.45) is 0.760. The Hall–Kier alpha value is -2.09. The molecule has 0 bridgehead atoms. The van der Waals surface area contributed by atoms with E-state index in [4.69, 9.17) is 16.3 Å². The molecule has 28 heavy (non-hydrogen) atoms. The van der Waals surface area contributed by atoms with E-state index in [1.54, 1.807) is 0 Å². The van der Waals surface area contributed by atoms with E-state index in [-0.39, 0.29) is 16.5 Å². The molecule has 152 valence electrons. The van der Waals surface area contributed by atoms with Crippen LogP contribution >= 0.6 is 11.6 Å². The number of hydrogen-bond donors (Lipinski definition) is 1. The van der Waals surface area contributed by atoms with Crippen molar-refractivity contribution in [1.29, 1.82) is 0 Å². The van der Waals surface area contributed by atoms with Gasteiger partial charge in [0, 0.05) is 12.7 Å². The minimum atomic E-state index is -3.87. The van der Waals surface area contributed by atoms with Crippen LogP contribution in [0.4, 0.5) is 5.69 Å². The summed E-state index contributed by atoms with van der Waals surface area (Å²) in [5.74, 6) is 0.00210. The fourth-order valence-corrected chi connectivity index (χ4v) is 4.22. The standard InChI is InChI=1S/C20H25ClN2O4S/c1-5-15-9-7-8-14(3)20(15)22-19(24)13-23(4)28(25,26)16-10-11-18(27-6-2)17(21)12-16/h7-12H,5-6,13H2,1-4H3,(H,22,24). The van der Waals surface area contributed by atoms with Gasteiger partial charge in [0.15, 0.2) is 0 Å². The van der Waals surface area contributed by atoms with Gasteiger partial charge in [0.05, 0.1) is 23.1 Å². The smallest absolute Gasteiger partial charge is 0.243 e. The van der Waals surface area contributed by atoms with Crippen molar-refractivity contribution in [2.24, 2.45) is 0 Å². The molecular weight excluding hydrogens is 400 g/mol. The molecule has 0 aromatic heterocycles. The topological polar surface area (TPSA) is 75.7 Å². The number of para-hydroxylation sites is 1. The van der Waals surface area contributed by atoms with Gasteiger partial charge in [-0.25, -0.2) is 8.42 Å². The van der Waals surface area contributed by atoms with Gasteiger partial charge in [-0.05, 0) is 49.6 Å². The largest absolute Gasteiger partial charge is 0.492 e. The third-order valence-electron chi connectivity index (χ3n) is 4.28. The Morgan fingerprint density at radius 2 is 1.93 bits per heavy atom. The molecule has 0 spiro atoms. The highest BCUT2D eigenvalue weighted by molar-refractivity contribution is 7.89. The number of hydrogen-bond acceptors (Lipinski definition) is 4. The van der Waals surface area contributed by atoms with Gasteiger partial charge in [-0.2, -0.15) is 4.31 Å². The summed E-state index contributed by atoms with van der Waals surface area (Å²) >= 11 is 6.10. The zero-order valence-corrected chi connectivity index (χ0v) is 18.0. The molecule has 0 heterocycles. The van der Waals surface area contributed by atoms with Crippen molar-refractivity contribution in [3.05, 3.63) is 52.5 Å². The molecule has 2 aromatic rings. The summed E-state index contributed by atoms with van der Waals surface area (Å²) in [4.78, 5) is 12.5. The molecule has 0 fully saturated rings. The molecule has 6 nitrogen and oxygen atoms in total. The van der Waals surface area contributed by atoms with Gasteiger partial charge in [-0.15, -0.1) is 0 Å². The van der Waals surface area contributed by atoms with Crippen LogP contribution in [0.2, 0.25) is 5.02 Å². The van der Waals surface area contributed by atoms with Crippen molar-refractivity contribution in [2.75, 3.05) is 25.5 Å². The average Bonchev–Trinajstić information content (AvgIpc) is 2.65. The lowest BCUT2D eigenvalue weighted by Crippen LogP contribution is -2.35. The van der Waals surface area contributed by atoms with Crippen molar-refractivity contribution >= 4 is 33.2 Å². The number of sulfonamides is 1. The number of benzene rings is 2. The predicted octanol–water partition coefficient (Wildman–Crippen LogP) is 3.87. The number of carbonyl (C=O) groups is 1. The molecule has 8 heteroatoms. The third kappa shape index (κ3) is 5.04. The predicted molar refractivity (Wildman–Crippen MR) is 112 cm³/mol. The Balaban J connectivity index is 2.16. The van der Waals surface area contributed by atoms with E-state index in [2.05, 4.69) is 5.32 Å². The average molecular weight is 425 g/mol. The molecule has 0 aliphatic rings. The maximum atomic E-state index is 12.8. The highest BCUT2D eigenvalue weighted by Crippen LogP contribution is 2.28. The normalized spacial score (nSPS) is 11.5. The summed E-state index contributed by atoms with van der Waals surface area (Å²) in [6, 6.07) is 10.0. The molecule has 1 N–H and O–H groups in total. The van der Waals surface area contributed by atoms with Crippen molar-refractivity contribution in [1.82, 2.24) is 4.31 Å². The van der Waals surface area contributed by atoms with Crippen molar-refractivity contribution in [3.63, 3.8) is 0 Å². The number of likely N-dealkylation sites (N-methyl/N-ethyl adjacent to an activating group) is 1. The Morgan fingerprint density at radius 3 is 2.54 bits per heavy atom. The zero-order valence-electron chi connectivity index (χ0n) is 16.5. The first-order valence-electron chi connectivity index (χ1n) is 8.97. The molecule has 0 aliphatic heterocycles. The second kappa shape index (κ2) is 9.41. The van der Waals surface area contributed by atoms with E-state index in [1.165, 1.54) is 25.2 Å². The van der Waals surface area contributed by atoms with Crippen LogP contribution in [0.3, 0.4) is 0 Å². The van der Waals surface area contributed by atoms with Crippen LogP contribution in [-0.2, 0) is 21.2 Å². The summed E-state index contributed by atoms with van der Waals surface area (Å²) in [6.45, 7) is 5.81. The van der Waals surface area contributed by atoms with Gasteiger partial charge in [-0.1, -0.05) is 36.7 Å². The molecule has 2 aromatic carbocycles. The van der Waals surface area contributed by atoms with Gasteiger partial charge in [0.1, 0.15) is 5.75 Å². The molecule has 2 rings (SSSR count). The molecule has 0 aliphatic carbocycles. The number of anilines is 1. The van der Waals surface area contributed by atoms with Gasteiger partial charge < -0.3 is 10.1 Å². The van der Waals surface area contributed by atoms with Crippen molar-refractivity contribution < 1.29 is 17.9 Å². The lowest BCUT2D eigenvalue weighted by atomic mass is 10.1. The van der Waals surface area contributed by atoms with Gasteiger partial charge >= 0.3 is 0 Å². The van der Waals surface area contributed by atoms with Gasteiger partial charge in [-0.3, -0.25) is 4.79 Å². The molecule has 0 atom stereocenters. The first-order valence-corrected chi connectivity index (χ1v) is 10.8. The second-order valence-electron chi connectivity index (χ2n) is 6.30. The zero-order chi connectivity index (χ0) is 20.9. The SMILES string of the molecule is CCOc1ccc(S(=O)(=O)N(C)CC(=O)Nc2c(C)cccc2CC)cc1Cl. The number of halogens is 1. The summed E-state index contributed by atoms with van der Waals surface area (Å²) in [7, 11) is -2.51. The molecule has 0 radical (unpaired) electrons. The number of nitrogens with zero attached hydrogens (tertiary/aromatic N) is 1. The second-order valence-corrected chi connectivity index (χ2v) is 8.75. The lowest BCUT2D eigenvalue weighted by Gasteiger charge is -2.19. The molecular formula is C20H25ClN2O4S. The highest BCUT2D eigenvalue weighted by atomic mass is 35.5. The van der Waals surface area contributed by atoms with Crippen molar-refractivity contribution in [2.45, 2.75) is 32.1 Å². The fraction of sp³-hybridized carbons (Fsp3) is 0.350. The highest BCUT2D eigenvalue weighted by Gasteiger charge is 2.24. The quantitative estimate of drug-likeness (QED) is 0.697. The Bertz CT molecular complexity index is 961. The Kier molecular flexibility index (Phi) is 7.46. The summed E-state index contributed by atoms with van der Waals surface area (Å²) < 4.78 is 31.9. The number of ether oxygens (including phenoxy) is 1. The first-order chi connectivity index (χ1) is 13.2. The van der Waals surface area contributed by atoms with Crippen LogP contribution in [0, 0.1) is 6.92 Å². The Morgan fingerprint density at radius 1 is 1.21 bits per heavy atom.